The molecule has 0 amide bonds. The van der Waals surface area contributed by atoms with E-state index in [1.54, 1.807) is 7.11 Å². The third-order valence-corrected chi connectivity index (χ3v) is 3.08. The molecule has 4 nitrogen and oxygen atoms in total. The molecule has 0 aliphatic rings. The van der Waals surface area contributed by atoms with Gasteiger partial charge in [-0.15, -0.1) is 0 Å². The molecule has 0 unspecified atom stereocenters. The Bertz CT molecular complexity index is 453. The summed E-state index contributed by atoms with van der Waals surface area (Å²) in [5, 5.41) is 9.01. The highest BCUT2D eigenvalue weighted by molar-refractivity contribution is 5.69. The summed E-state index contributed by atoms with van der Waals surface area (Å²) in [4.78, 5) is 13.0. The molecule has 0 atom stereocenters. The molecule has 0 saturated heterocycles. The number of rotatable bonds is 6. The van der Waals surface area contributed by atoms with Crippen LogP contribution in [0.15, 0.2) is 18.2 Å². The third kappa shape index (κ3) is 4.56. The number of carboxylic acids is 1. The Kier molecular flexibility index (Phi) is 4.95. The summed E-state index contributed by atoms with van der Waals surface area (Å²) < 4.78 is 5.31. The minimum Gasteiger partial charge on any atom is -0.497 e. The average molecular weight is 265 g/mol. The Morgan fingerprint density at radius 2 is 1.95 bits per heavy atom. The second-order valence-corrected chi connectivity index (χ2v) is 5.76. The highest BCUT2D eigenvalue weighted by Crippen LogP contribution is 2.31. The van der Waals surface area contributed by atoms with Gasteiger partial charge in [-0.1, -0.05) is 19.9 Å². The number of methoxy groups -OCH3 is 1. The first-order valence-corrected chi connectivity index (χ1v) is 6.29. The Morgan fingerprint density at radius 3 is 2.42 bits per heavy atom. The summed E-state index contributed by atoms with van der Waals surface area (Å²) in [5.41, 5.74) is 1.70. The summed E-state index contributed by atoms with van der Waals surface area (Å²) >= 11 is 0. The van der Waals surface area contributed by atoms with Gasteiger partial charge in [-0.25, -0.2) is 0 Å². The lowest BCUT2D eigenvalue weighted by Gasteiger charge is -2.25. The van der Waals surface area contributed by atoms with E-state index in [1.165, 1.54) is 0 Å². The van der Waals surface area contributed by atoms with Gasteiger partial charge in [-0.05, 0) is 37.4 Å². The van der Waals surface area contributed by atoms with Crippen molar-refractivity contribution < 1.29 is 14.6 Å². The van der Waals surface area contributed by atoms with Crippen molar-refractivity contribution in [3.8, 4) is 5.75 Å². The van der Waals surface area contributed by atoms with Gasteiger partial charge in [-0.2, -0.15) is 0 Å². The minimum absolute atomic E-state index is 0.0988. The second-order valence-electron chi connectivity index (χ2n) is 5.76. The first-order valence-electron chi connectivity index (χ1n) is 6.29. The fourth-order valence-electron chi connectivity index (χ4n) is 2.11. The largest absolute Gasteiger partial charge is 0.497 e. The Labute approximate surface area is 115 Å². The zero-order valence-corrected chi connectivity index (χ0v) is 12.4. The summed E-state index contributed by atoms with van der Waals surface area (Å²) in [6.07, 6.45) is 0.0988. The number of benzene rings is 1. The molecule has 0 saturated carbocycles. The maximum Gasteiger partial charge on any atom is 0.304 e. The van der Waals surface area contributed by atoms with Crippen molar-refractivity contribution >= 4 is 5.97 Å². The zero-order valence-electron chi connectivity index (χ0n) is 12.4. The average Bonchev–Trinajstić information content (AvgIpc) is 2.25. The molecule has 0 fully saturated rings. The first kappa shape index (κ1) is 15.5. The van der Waals surface area contributed by atoms with Crippen LogP contribution in [0.2, 0.25) is 0 Å². The Hall–Kier alpha value is -1.55. The van der Waals surface area contributed by atoms with Crippen molar-refractivity contribution in [1.82, 2.24) is 4.90 Å². The first-order chi connectivity index (χ1) is 8.74. The second kappa shape index (κ2) is 6.06. The summed E-state index contributed by atoms with van der Waals surface area (Å²) in [6, 6.07) is 5.97. The van der Waals surface area contributed by atoms with Crippen LogP contribution >= 0.6 is 0 Å². The van der Waals surface area contributed by atoms with Crippen LogP contribution in [0.1, 0.15) is 31.4 Å². The van der Waals surface area contributed by atoms with Gasteiger partial charge in [0.15, 0.2) is 0 Å². The third-order valence-electron chi connectivity index (χ3n) is 3.08. The van der Waals surface area contributed by atoms with Crippen LogP contribution in [0, 0.1) is 0 Å². The summed E-state index contributed by atoms with van der Waals surface area (Å²) in [6.45, 7) is 4.68. The van der Waals surface area contributed by atoms with Gasteiger partial charge in [0.05, 0.1) is 13.5 Å². The van der Waals surface area contributed by atoms with Gasteiger partial charge in [0.2, 0.25) is 0 Å². The van der Waals surface area contributed by atoms with Crippen LogP contribution in [0.4, 0.5) is 0 Å². The van der Waals surface area contributed by atoms with Crippen LogP contribution in [0.5, 0.6) is 5.75 Å². The lowest BCUT2D eigenvalue weighted by atomic mass is 9.81. The number of nitrogens with zero attached hydrogens (tertiary/aromatic N) is 1. The van der Waals surface area contributed by atoms with Gasteiger partial charge in [0, 0.05) is 12.0 Å². The molecule has 1 aromatic carbocycles. The van der Waals surface area contributed by atoms with Crippen molar-refractivity contribution in [2.75, 3.05) is 21.2 Å². The monoisotopic (exact) mass is 265 g/mol. The lowest BCUT2D eigenvalue weighted by Crippen LogP contribution is -2.22. The molecule has 0 heterocycles. The van der Waals surface area contributed by atoms with E-state index >= 15 is 0 Å². The number of carbonyl (C=O) groups is 1. The van der Waals surface area contributed by atoms with Crippen molar-refractivity contribution in [1.29, 1.82) is 0 Å². The maximum absolute atomic E-state index is 11.0. The van der Waals surface area contributed by atoms with E-state index in [0.717, 1.165) is 23.4 Å². The molecule has 19 heavy (non-hydrogen) atoms. The van der Waals surface area contributed by atoms with E-state index in [2.05, 4.69) is 11.0 Å². The SMILES string of the molecule is COc1cc(CN(C)C)cc(C(C)(C)CC(=O)O)c1. The van der Waals surface area contributed by atoms with E-state index < -0.39 is 11.4 Å². The highest BCUT2D eigenvalue weighted by atomic mass is 16.5. The van der Waals surface area contributed by atoms with Crippen molar-refractivity contribution in [2.45, 2.75) is 32.2 Å². The van der Waals surface area contributed by atoms with Crippen LogP contribution in [0.3, 0.4) is 0 Å². The normalized spacial score (nSPS) is 11.7. The lowest BCUT2D eigenvalue weighted by molar-refractivity contribution is -0.138. The molecule has 0 bridgehead atoms. The van der Waals surface area contributed by atoms with Crippen molar-refractivity contribution in [3.05, 3.63) is 29.3 Å². The van der Waals surface area contributed by atoms with E-state index in [1.807, 2.05) is 40.1 Å². The fourth-order valence-corrected chi connectivity index (χ4v) is 2.11. The molecule has 1 N–H and O–H groups in total. The number of ether oxygens (including phenoxy) is 1. The quantitative estimate of drug-likeness (QED) is 0.858. The summed E-state index contributed by atoms with van der Waals surface area (Å²) in [7, 11) is 5.63. The molecule has 0 radical (unpaired) electrons. The number of carboxylic acid groups (broad SMARTS) is 1. The molecule has 1 rings (SSSR count). The highest BCUT2D eigenvalue weighted by Gasteiger charge is 2.25. The number of hydrogen-bond donors (Lipinski definition) is 1. The smallest absolute Gasteiger partial charge is 0.304 e. The molecular weight excluding hydrogens is 242 g/mol. The zero-order chi connectivity index (χ0) is 14.6. The van der Waals surface area contributed by atoms with E-state index in [4.69, 9.17) is 9.84 Å². The standard InChI is InChI=1S/C15H23NO3/c1-15(2,9-14(17)18)12-6-11(10-16(3)4)7-13(8-12)19-5/h6-8H,9-10H2,1-5H3,(H,17,18). The van der Waals surface area contributed by atoms with Crippen molar-refractivity contribution in [3.63, 3.8) is 0 Å². The van der Waals surface area contributed by atoms with Gasteiger partial charge in [-0.3, -0.25) is 4.79 Å². The fraction of sp³-hybridized carbons (Fsp3) is 0.533. The molecule has 0 spiro atoms. The molecule has 4 heteroatoms. The van der Waals surface area contributed by atoms with E-state index in [-0.39, 0.29) is 6.42 Å². The van der Waals surface area contributed by atoms with Crippen LogP contribution < -0.4 is 4.74 Å². The predicted molar refractivity (Wildman–Crippen MR) is 75.7 cm³/mol. The number of aliphatic carboxylic acids is 1. The van der Waals surface area contributed by atoms with Crippen LogP contribution in [0.25, 0.3) is 0 Å². The van der Waals surface area contributed by atoms with E-state index in [0.29, 0.717) is 0 Å². The van der Waals surface area contributed by atoms with Gasteiger partial charge >= 0.3 is 5.97 Å². The molecule has 0 aliphatic carbocycles. The topological polar surface area (TPSA) is 49.8 Å². The number of hydrogen-bond acceptors (Lipinski definition) is 3. The summed E-state index contributed by atoms with van der Waals surface area (Å²) in [5.74, 6) is -0.0187. The van der Waals surface area contributed by atoms with Crippen molar-refractivity contribution in [2.24, 2.45) is 0 Å². The van der Waals surface area contributed by atoms with Crippen LogP contribution in [-0.4, -0.2) is 37.2 Å². The van der Waals surface area contributed by atoms with Gasteiger partial charge < -0.3 is 14.7 Å². The minimum atomic E-state index is -0.790. The molecule has 0 aromatic heterocycles. The van der Waals surface area contributed by atoms with Crippen LogP contribution in [-0.2, 0) is 16.8 Å². The Morgan fingerprint density at radius 1 is 1.32 bits per heavy atom. The molecule has 106 valence electrons. The molecule has 1 aromatic rings. The molecular formula is C15H23NO3. The van der Waals surface area contributed by atoms with E-state index in [9.17, 15) is 4.79 Å². The van der Waals surface area contributed by atoms with Gasteiger partial charge in [0.25, 0.3) is 0 Å². The van der Waals surface area contributed by atoms with Gasteiger partial charge in [0.1, 0.15) is 5.75 Å². The maximum atomic E-state index is 11.0. The molecule has 0 aliphatic heterocycles. The Balaban J connectivity index is 3.15. The predicted octanol–water partition coefficient (Wildman–Crippen LogP) is 2.51.